The lowest BCUT2D eigenvalue weighted by Crippen LogP contribution is -2.21. The second-order valence-electron chi connectivity index (χ2n) is 7.37. The molecule has 29 heavy (non-hydrogen) atoms. The summed E-state index contributed by atoms with van der Waals surface area (Å²) >= 11 is 0. The number of nitrogens with two attached hydrogens (primary N) is 1. The van der Waals surface area contributed by atoms with Gasteiger partial charge in [-0.15, -0.1) is 0 Å². The van der Waals surface area contributed by atoms with Crippen molar-refractivity contribution in [2.75, 3.05) is 12.4 Å². The Morgan fingerprint density at radius 2 is 1.83 bits per heavy atom. The van der Waals surface area contributed by atoms with E-state index >= 15 is 0 Å². The minimum Gasteiger partial charge on any atom is -0.399 e. The molecule has 3 rings (SSSR count). The van der Waals surface area contributed by atoms with Gasteiger partial charge < -0.3 is 16.0 Å². The zero-order chi connectivity index (χ0) is 21.0. The van der Waals surface area contributed by atoms with Crippen molar-refractivity contribution in [1.82, 2.24) is 4.90 Å². The molecule has 0 fully saturated rings. The molecule has 3 N–H and O–H groups in total. The van der Waals surface area contributed by atoms with Gasteiger partial charge in [0, 0.05) is 30.2 Å². The van der Waals surface area contributed by atoms with Crippen LogP contribution in [-0.2, 0) is 0 Å². The Morgan fingerprint density at radius 3 is 2.45 bits per heavy atom. The first-order chi connectivity index (χ1) is 13.9. The van der Waals surface area contributed by atoms with Crippen molar-refractivity contribution in [1.29, 1.82) is 0 Å². The van der Waals surface area contributed by atoms with E-state index in [-0.39, 0.29) is 0 Å². The van der Waals surface area contributed by atoms with Crippen LogP contribution < -0.4 is 11.1 Å². The second-order valence-corrected chi connectivity index (χ2v) is 7.37. The smallest absolute Gasteiger partial charge is 0.142 e. The average Bonchev–Trinajstić information content (AvgIpc) is 2.71. The summed E-state index contributed by atoms with van der Waals surface area (Å²) in [6, 6.07) is 16.4. The molecule has 4 heteroatoms. The molecule has 0 saturated heterocycles. The quantitative estimate of drug-likeness (QED) is 0.709. The minimum absolute atomic E-state index is 0.509. The number of nitrogens with zero attached hydrogens (tertiary/aromatic N) is 2. The maximum absolute atomic E-state index is 5.87. The van der Waals surface area contributed by atoms with E-state index < -0.39 is 0 Å². The van der Waals surface area contributed by atoms with E-state index in [0.717, 1.165) is 34.0 Å². The van der Waals surface area contributed by atoms with Gasteiger partial charge in [0.25, 0.3) is 0 Å². The molecular weight excluding hydrogens is 356 g/mol. The van der Waals surface area contributed by atoms with Crippen LogP contribution in [0.4, 0.5) is 5.69 Å². The van der Waals surface area contributed by atoms with Gasteiger partial charge in [0.2, 0.25) is 0 Å². The summed E-state index contributed by atoms with van der Waals surface area (Å²) in [6.45, 7) is 12.2. The maximum atomic E-state index is 5.87. The fourth-order valence-corrected chi connectivity index (χ4v) is 3.13. The molecular formula is C25H28N4. The van der Waals surface area contributed by atoms with Crippen LogP contribution >= 0.6 is 0 Å². The topological polar surface area (TPSA) is 53.7 Å². The molecule has 1 aliphatic heterocycles. The Bertz CT molecular complexity index is 1010. The number of rotatable bonds is 5. The molecule has 0 aromatic heterocycles. The Balaban J connectivity index is 1.95. The third kappa shape index (κ3) is 4.66. The largest absolute Gasteiger partial charge is 0.399 e. The van der Waals surface area contributed by atoms with Gasteiger partial charge in [-0.2, -0.15) is 0 Å². The summed E-state index contributed by atoms with van der Waals surface area (Å²) in [7, 11) is 1.97. The van der Waals surface area contributed by atoms with Crippen LogP contribution in [0.5, 0.6) is 0 Å². The number of hydrogen-bond acceptors (Lipinski definition) is 4. The average molecular weight is 385 g/mol. The van der Waals surface area contributed by atoms with Gasteiger partial charge in [-0.3, -0.25) is 0 Å². The fourth-order valence-electron chi connectivity index (χ4n) is 3.13. The van der Waals surface area contributed by atoms with Crippen molar-refractivity contribution in [3.05, 3.63) is 103 Å². The fraction of sp³-hybridized carbons (Fsp3) is 0.160. The van der Waals surface area contributed by atoms with Crippen LogP contribution in [0.3, 0.4) is 0 Å². The first-order valence-corrected chi connectivity index (χ1v) is 9.67. The summed E-state index contributed by atoms with van der Waals surface area (Å²) in [6.07, 6.45) is 5.77. The highest BCUT2D eigenvalue weighted by molar-refractivity contribution is 6.05. The molecule has 0 aliphatic carbocycles. The van der Waals surface area contributed by atoms with Crippen LogP contribution in [-0.4, -0.2) is 17.8 Å². The molecule has 0 spiro atoms. The van der Waals surface area contributed by atoms with Crippen LogP contribution in [0.2, 0.25) is 0 Å². The summed E-state index contributed by atoms with van der Waals surface area (Å²) in [5.74, 6) is 2.09. The van der Waals surface area contributed by atoms with Crippen molar-refractivity contribution in [3.63, 3.8) is 0 Å². The highest BCUT2D eigenvalue weighted by Gasteiger charge is 2.15. The minimum atomic E-state index is 0.509. The first kappa shape index (κ1) is 20.2. The zero-order valence-corrected chi connectivity index (χ0v) is 17.3. The van der Waals surface area contributed by atoms with E-state index in [4.69, 9.17) is 10.7 Å². The molecule has 0 atom stereocenters. The number of amidine groups is 1. The van der Waals surface area contributed by atoms with E-state index in [9.17, 15) is 0 Å². The van der Waals surface area contributed by atoms with Crippen molar-refractivity contribution in [3.8, 4) is 0 Å². The third-order valence-electron chi connectivity index (χ3n) is 4.86. The van der Waals surface area contributed by atoms with Gasteiger partial charge in [0.1, 0.15) is 11.7 Å². The van der Waals surface area contributed by atoms with E-state index in [1.54, 1.807) is 0 Å². The van der Waals surface area contributed by atoms with Crippen LogP contribution in [0, 0.1) is 0 Å². The highest BCUT2D eigenvalue weighted by atomic mass is 15.2. The maximum Gasteiger partial charge on any atom is 0.142 e. The van der Waals surface area contributed by atoms with Gasteiger partial charge in [-0.05, 0) is 46.9 Å². The zero-order valence-electron chi connectivity index (χ0n) is 17.3. The molecule has 2 aromatic rings. The number of aliphatic imine (C=N–C) groups is 1. The van der Waals surface area contributed by atoms with E-state index in [0.29, 0.717) is 11.6 Å². The van der Waals surface area contributed by atoms with Crippen molar-refractivity contribution in [2.45, 2.75) is 19.8 Å². The molecule has 0 unspecified atom stereocenters. The van der Waals surface area contributed by atoms with Gasteiger partial charge in [0.05, 0.1) is 0 Å². The third-order valence-corrected chi connectivity index (χ3v) is 4.86. The number of allylic oxidation sites excluding steroid dienone is 2. The Morgan fingerprint density at radius 1 is 1.14 bits per heavy atom. The molecule has 1 aliphatic rings. The molecule has 4 nitrogen and oxygen atoms in total. The van der Waals surface area contributed by atoms with Crippen LogP contribution in [0.1, 0.15) is 36.5 Å². The predicted molar refractivity (Wildman–Crippen MR) is 125 cm³/mol. The first-order valence-electron chi connectivity index (χ1n) is 9.67. The summed E-state index contributed by atoms with van der Waals surface area (Å²) in [4.78, 5) is 6.82. The second kappa shape index (κ2) is 8.65. The Kier molecular flexibility index (Phi) is 6.03. The monoisotopic (exact) mass is 384 g/mol. The molecule has 148 valence electrons. The number of benzene rings is 2. The normalized spacial score (nSPS) is 15.2. The summed E-state index contributed by atoms with van der Waals surface area (Å²) in [5, 5.41) is 3.39. The number of anilines is 1. The van der Waals surface area contributed by atoms with Gasteiger partial charge >= 0.3 is 0 Å². The lowest BCUT2D eigenvalue weighted by atomic mass is 10.0. The van der Waals surface area contributed by atoms with Gasteiger partial charge in [0.15, 0.2) is 0 Å². The van der Waals surface area contributed by atoms with Gasteiger partial charge in [-0.25, -0.2) is 4.99 Å². The van der Waals surface area contributed by atoms with Crippen LogP contribution in [0.15, 0.2) is 90.9 Å². The summed E-state index contributed by atoms with van der Waals surface area (Å²) < 4.78 is 0. The Hall–Kier alpha value is -3.53. The standard InChI is InChI=1S/C25H28N4/c1-6-23(21-9-7-8-20(16-21)18(4)26)25-28-24(14-15-29(25)5)27-22-12-10-19(11-13-22)17(2)3/h6-17H,1,4,26H2,2-3,5H3,(H,27,28)/b25-23+. The molecule has 2 aromatic carbocycles. The molecule has 0 bridgehead atoms. The van der Waals surface area contributed by atoms with E-state index in [1.807, 2.05) is 54.6 Å². The molecule has 0 saturated carbocycles. The summed E-state index contributed by atoms with van der Waals surface area (Å²) in [5.41, 5.74) is 11.5. The van der Waals surface area contributed by atoms with Crippen molar-refractivity contribution >= 4 is 22.8 Å². The molecule has 0 radical (unpaired) electrons. The number of hydrogen-bond donors (Lipinski definition) is 2. The predicted octanol–water partition coefficient (Wildman–Crippen LogP) is 5.56. The molecule has 0 amide bonds. The highest BCUT2D eigenvalue weighted by Crippen LogP contribution is 2.27. The SMILES string of the molecule is C=C/C(=C1/N=C(Nc2ccc(C(C)C)cc2)C=CN1C)c1cccc(C(=C)N)c1. The lowest BCUT2D eigenvalue weighted by Gasteiger charge is -2.23. The number of nitrogens with one attached hydrogen (secondary N) is 1. The van der Waals surface area contributed by atoms with Crippen molar-refractivity contribution < 1.29 is 0 Å². The van der Waals surface area contributed by atoms with Gasteiger partial charge in [-0.1, -0.05) is 63.4 Å². The Labute approximate surface area is 173 Å². The van der Waals surface area contributed by atoms with Crippen molar-refractivity contribution in [2.24, 2.45) is 10.7 Å². The van der Waals surface area contributed by atoms with E-state index in [2.05, 4.69) is 56.6 Å². The van der Waals surface area contributed by atoms with E-state index in [1.165, 1.54) is 5.56 Å². The molecule has 1 heterocycles. The lowest BCUT2D eigenvalue weighted by molar-refractivity contribution is 0.561. The van der Waals surface area contributed by atoms with Crippen LogP contribution in [0.25, 0.3) is 11.3 Å².